The van der Waals surface area contributed by atoms with Crippen LogP contribution in [-0.2, 0) is 13.3 Å². The number of hydrogen-bond donors (Lipinski definition) is 2. The SMILES string of the molecule is C#CCNC(=O)NCCC[Si](OCC)(OCC)OCC. The highest BCUT2D eigenvalue weighted by molar-refractivity contribution is 6.60. The minimum atomic E-state index is -2.60. The van der Waals surface area contributed by atoms with Crippen molar-refractivity contribution >= 4 is 14.8 Å². The predicted octanol–water partition coefficient (Wildman–Crippen LogP) is 1.36. The number of urea groups is 1. The molecule has 0 bridgehead atoms. The van der Waals surface area contributed by atoms with E-state index in [0.29, 0.717) is 32.4 Å². The summed E-state index contributed by atoms with van der Waals surface area (Å²) in [5, 5.41) is 5.26. The number of carbonyl (C=O) groups is 1. The van der Waals surface area contributed by atoms with Gasteiger partial charge in [0.25, 0.3) is 0 Å². The summed E-state index contributed by atoms with van der Waals surface area (Å²) >= 11 is 0. The molecule has 0 fully saturated rings. The minimum Gasteiger partial charge on any atom is -0.374 e. The van der Waals surface area contributed by atoms with Crippen LogP contribution in [-0.4, -0.2) is 47.7 Å². The Bertz CT molecular complexity index is 290. The van der Waals surface area contributed by atoms with E-state index in [-0.39, 0.29) is 12.6 Å². The Kier molecular flexibility index (Phi) is 11.1. The van der Waals surface area contributed by atoms with Gasteiger partial charge in [0.1, 0.15) is 0 Å². The summed E-state index contributed by atoms with van der Waals surface area (Å²) < 4.78 is 17.2. The van der Waals surface area contributed by atoms with E-state index in [4.69, 9.17) is 19.7 Å². The fraction of sp³-hybridized carbons (Fsp3) is 0.769. The Hall–Kier alpha value is -1.07. The summed E-state index contributed by atoms with van der Waals surface area (Å²) in [6.07, 6.45) is 5.78. The van der Waals surface area contributed by atoms with Gasteiger partial charge >= 0.3 is 14.8 Å². The molecular weight excluding hydrogens is 276 g/mol. The van der Waals surface area contributed by atoms with E-state index < -0.39 is 8.80 Å². The molecule has 0 heterocycles. The highest BCUT2D eigenvalue weighted by Crippen LogP contribution is 2.17. The molecule has 0 aliphatic rings. The van der Waals surface area contributed by atoms with E-state index in [1.54, 1.807) is 0 Å². The van der Waals surface area contributed by atoms with Gasteiger partial charge in [-0.3, -0.25) is 0 Å². The second-order valence-electron chi connectivity index (χ2n) is 3.90. The molecule has 7 heteroatoms. The van der Waals surface area contributed by atoms with Gasteiger partial charge in [-0.05, 0) is 27.2 Å². The van der Waals surface area contributed by atoms with Gasteiger partial charge in [0.05, 0.1) is 6.54 Å². The molecule has 2 amide bonds. The zero-order valence-electron chi connectivity index (χ0n) is 12.7. The van der Waals surface area contributed by atoms with Crippen LogP contribution in [0.1, 0.15) is 27.2 Å². The quantitative estimate of drug-likeness (QED) is 0.343. The van der Waals surface area contributed by atoms with Crippen molar-refractivity contribution in [3.63, 3.8) is 0 Å². The van der Waals surface area contributed by atoms with Crippen LogP contribution in [0.25, 0.3) is 0 Å². The van der Waals surface area contributed by atoms with Gasteiger partial charge in [0.15, 0.2) is 0 Å². The lowest BCUT2D eigenvalue weighted by Gasteiger charge is -2.28. The van der Waals surface area contributed by atoms with Crippen LogP contribution < -0.4 is 10.6 Å². The van der Waals surface area contributed by atoms with Gasteiger partial charge in [-0.1, -0.05) is 5.92 Å². The summed E-state index contributed by atoms with van der Waals surface area (Å²) in [6.45, 7) is 8.19. The van der Waals surface area contributed by atoms with Crippen molar-refractivity contribution in [1.29, 1.82) is 0 Å². The van der Waals surface area contributed by atoms with Gasteiger partial charge in [-0.15, -0.1) is 6.42 Å². The molecule has 0 aromatic carbocycles. The Morgan fingerprint density at radius 1 is 1.10 bits per heavy atom. The van der Waals surface area contributed by atoms with Crippen LogP contribution in [0.5, 0.6) is 0 Å². The molecule has 0 atom stereocenters. The number of hydrogen-bond acceptors (Lipinski definition) is 4. The largest absolute Gasteiger partial charge is 0.500 e. The first-order chi connectivity index (χ1) is 9.64. The van der Waals surface area contributed by atoms with Crippen molar-refractivity contribution < 1.29 is 18.1 Å². The highest BCUT2D eigenvalue weighted by atomic mass is 28.4. The van der Waals surface area contributed by atoms with E-state index in [0.717, 1.165) is 6.42 Å². The first-order valence-electron chi connectivity index (χ1n) is 7.01. The van der Waals surface area contributed by atoms with Gasteiger partial charge in [0.2, 0.25) is 0 Å². The molecule has 0 aliphatic heterocycles. The van der Waals surface area contributed by atoms with E-state index in [9.17, 15) is 4.79 Å². The summed E-state index contributed by atoms with van der Waals surface area (Å²) in [5.74, 6) is 2.34. The van der Waals surface area contributed by atoms with Crippen molar-refractivity contribution in [2.24, 2.45) is 0 Å². The second-order valence-corrected chi connectivity index (χ2v) is 6.63. The molecule has 0 rings (SSSR count). The van der Waals surface area contributed by atoms with Crippen molar-refractivity contribution in [2.75, 3.05) is 32.9 Å². The van der Waals surface area contributed by atoms with E-state index >= 15 is 0 Å². The molecule has 2 N–H and O–H groups in total. The van der Waals surface area contributed by atoms with Crippen molar-refractivity contribution in [1.82, 2.24) is 10.6 Å². The molecule has 0 unspecified atom stereocenters. The monoisotopic (exact) mass is 302 g/mol. The zero-order chi connectivity index (χ0) is 15.3. The third kappa shape index (κ3) is 8.17. The zero-order valence-corrected chi connectivity index (χ0v) is 13.7. The topological polar surface area (TPSA) is 68.8 Å². The Balaban J connectivity index is 4.12. The lowest BCUT2D eigenvalue weighted by molar-refractivity contribution is 0.0708. The van der Waals surface area contributed by atoms with Crippen LogP contribution in [0.4, 0.5) is 4.79 Å². The average Bonchev–Trinajstić information content (AvgIpc) is 2.42. The fourth-order valence-corrected chi connectivity index (χ4v) is 4.31. The third-order valence-corrected chi connectivity index (χ3v) is 5.54. The maximum Gasteiger partial charge on any atom is 0.500 e. The van der Waals surface area contributed by atoms with Gasteiger partial charge in [0, 0.05) is 32.4 Å². The predicted molar refractivity (Wildman–Crippen MR) is 80.3 cm³/mol. The lowest BCUT2D eigenvalue weighted by Crippen LogP contribution is -2.46. The number of rotatable bonds is 11. The first-order valence-corrected chi connectivity index (χ1v) is 8.94. The van der Waals surface area contributed by atoms with Crippen molar-refractivity contribution in [3.8, 4) is 12.3 Å². The van der Waals surface area contributed by atoms with Crippen LogP contribution in [0.15, 0.2) is 0 Å². The normalized spacial score (nSPS) is 10.9. The number of terminal acetylenes is 1. The molecule has 0 aliphatic carbocycles. The van der Waals surface area contributed by atoms with E-state index in [1.165, 1.54) is 0 Å². The van der Waals surface area contributed by atoms with Gasteiger partial charge < -0.3 is 23.9 Å². The van der Waals surface area contributed by atoms with E-state index in [2.05, 4.69) is 16.6 Å². The van der Waals surface area contributed by atoms with E-state index in [1.807, 2.05) is 20.8 Å². The van der Waals surface area contributed by atoms with Crippen LogP contribution >= 0.6 is 0 Å². The molecule has 0 radical (unpaired) electrons. The smallest absolute Gasteiger partial charge is 0.374 e. The van der Waals surface area contributed by atoms with Crippen molar-refractivity contribution in [2.45, 2.75) is 33.2 Å². The number of nitrogens with one attached hydrogen (secondary N) is 2. The molecule has 0 aromatic heterocycles. The third-order valence-electron chi connectivity index (χ3n) is 2.39. The Labute approximate surface area is 122 Å². The molecule has 116 valence electrons. The molecule has 20 heavy (non-hydrogen) atoms. The molecule has 0 spiro atoms. The molecule has 0 aromatic rings. The maximum atomic E-state index is 11.3. The summed E-state index contributed by atoms with van der Waals surface area (Å²) in [6, 6.07) is 0.414. The summed E-state index contributed by atoms with van der Waals surface area (Å²) in [4.78, 5) is 11.3. The molecule has 0 saturated heterocycles. The number of amides is 2. The maximum absolute atomic E-state index is 11.3. The van der Waals surface area contributed by atoms with Gasteiger partial charge in [-0.2, -0.15) is 0 Å². The van der Waals surface area contributed by atoms with Crippen LogP contribution in [0.2, 0.25) is 6.04 Å². The summed E-state index contributed by atoms with van der Waals surface area (Å²) in [7, 11) is -2.60. The average molecular weight is 302 g/mol. The minimum absolute atomic E-state index is 0.224. The molecular formula is C13H26N2O4Si. The van der Waals surface area contributed by atoms with Crippen LogP contribution in [0, 0.1) is 12.3 Å². The van der Waals surface area contributed by atoms with Crippen LogP contribution in [0.3, 0.4) is 0 Å². The molecule has 0 saturated carbocycles. The number of carbonyl (C=O) groups excluding carboxylic acids is 1. The Morgan fingerprint density at radius 3 is 2.10 bits per heavy atom. The first kappa shape index (κ1) is 18.9. The highest BCUT2D eigenvalue weighted by Gasteiger charge is 2.39. The fourth-order valence-electron chi connectivity index (χ4n) is 1.70. The Morgan fingerprint density at radius 2 is 1.65 bits per heavy atom. The van der Waals surface area contributed by atoms with Gasteiger partial charge in [-0.25, -0.2) is 4.79 Å². The molecule has 6 nitrogen and oxygen atoms in total. The lowest BCUT2D eigenvalue weighted by atomic mass is 10.5. The second kappa shape index (κ2) is 11.7. The summed E-state index contributed by atoms with van der Waals surface area (Å²) in [5.41, 5.74) is 0. The standard InChI is InChI=1S/C13H26N2O4Si/c1-5-10-14-13(16)15-11-9-12-20(17-6-2,18-7-3)19-8-4/h1H,6-12H2,2-4H3,(H2,14,15,16). The van der Waals surface area contributed by atoms with Crippen molar-refractivity contribution in [3.05, 3.63) is 0 Å².